The minimum atomic E-state index is -0.104. The van der Waals surface area contributed by atoms with Crippen LogP contribution in [0, 0.1) is 11.3 Å². The van der Waals surface area contributed by atoms with Crippen molar-refractivity contribution in [2.24, 2.45) is 0 Å². The molecule has 2 aromatic rings. The Kier molecular flexibility index (Phi) is 3.80. The van der Waals surface area contributed by atoms with E-state index in [1.54, 1.807) is 17.0 Å². The number of carbonyl (C=O) groups excluding carboxylic acids is 1. The fraction of sp³-hybridized carbons (Fsp3) is 0.222. The molecule has 4 nitrogen and oxygen atoms in total. The average molecular weight is 291 g/mol. The summed E-state index contributed by atoms with van der Waals surface area (Å²) in [6.45, 7) is 2.66. The summed E-state index contributed by atoms with van der Waals surface area (Å²) >= 11 is 0. The van der Waals surface area contributed by atoms with Crippen molar-refractivity contribution in [1.82, 2.24) is 5.32 Å². The lowest BCUT2D eigenvalue weighted by molar-refractivity contribution is 0.244. The summed E-state index contributed by atoms with van der Waals surface area (Å²) < 4.78 is 0. The van der Waals surface area contributed by atoms with Gasteiger partial charge in [-0.3, -0.25) is 4.90 Å². The van der Waals surface area contributed by atoms with Crippen molar-refractivity contribution >= 4 is 11.7 Å². The van der Waals surface area contributed by atoms with Crippen molar-refractivity contribution in [3.63, 3.8) is 0 Å². The number of nitrogens with zero attached hydrogens (tertiary/aromatic N) is 2. The van der Waals surface area contributed by atoms with E-state index in [0.29, 0.717) is 12.1 Å². The largest absolute Gasteiger partial charge is 0.331 e. The fourth-order valence-corrected chi connectivity index (χ4v) is 2.74. The van der Waals surface area contributed by atoms with Gasteiger partial charge in [0.15, 0.2) is 0 Å². The summed E-state index contributed by atoms with van der Waals surface area (Å²) in [7, 11) is 0. The number of carbonyl (C=O) groups is 1. The minimum Gasteiger partial charge on any atom is -0.331 e. The number of amides is 2. The van der Waals surface area contributed by atoms with Gasteiger partial charge in [0.05, 0.1) is 17.7 Å². The second kappa shape index (κ2) is 5.90. The smallest absolute Gasteiger partial charge is 0.322 e. The Morgan fingerprint density at radius 3 is 2.68 bits per heavy atom. The zero-order chi connectivity index (χ0) is 15.5. The van der Waals surface area contributed by atoms with Crippen LogP contribution in [0.1, 0.15) is 29.7 Å². The fourth-order valence-electron chi connectivity index (χ4n) is 2.74. The van der Waals surface area contributed by atoms with E-state index < -0.39 is 0 Å². The molecule has 0 radical (unpaired) electrons. The van der Waals surface area contributed by atoms with Crippen molar-refractivity contribution in [2.75, 3.05) is 11.4 Å². The quantitative estimate of drug-likeness (QED) is 0.922. The van der Waals surface area contributed by atoms with Crippen molar-refractivity contribution in [1.29, 1.82) is 5.26 Å². The summed E-state index contributed by atoms with van der Waals surface area (Å²) in [5.74, 6) is 0. The van der Waals surface area contributed by atoms with Gasteiger partial charge < -0.3 is 5.32 Å². The highest BCUT2D eigenvalue weighted by Crippen LogP contribution is 2.27. The number of hydrogen-bond acceptors (Lipinski definition) is 2. The summed E-state index contributed by atoms with van der Waals surface area (Å²) in [4.78, 5) is 14.3. The summed E-state index contributed by atoms with van der Waals surface area (Å²) in [6, 6.07) is 17.2. The number of nitriles is 1. The molecule has 0 saturated carbocycles. The predicted octanol–water partition coefficient (Wildman–Crippen LogP) is 3.39. The number of para-hydroxylation sites is 1. The van der Waals surface area contributed by atoms with E-state index in [0.717, 1.165) is 17.7 Å². The standard InChI is InChI=1S/C18H17N3O/c1-13(15-8-6-14(12-19)7-9-15)20-18(22)21-11-10-16-4-2-3-5-17(16)21/h2-9,13H,10-11H2,1H3,(H,20,22). The van der Waals surface area contributed by atoms with Gasteiger partial charge in [0.25, 0.3) is 0 Å². The van der Waals surface area contributed by atoms with Gasteiger partial charge in [0, 0.05) is 12.2 Å². The second-order valence-corrected chi connectivity index (χ2v) is 5.44. The van der Waals surface area contributed by atoms with E-state index in [9.17, 15) is 4.79 Å². The number of hydrogen-bond donors (Lipinski definition) is 1. The number of anilines is 1. The molecule has 0 fully saturated rings. The number of fused-ring (bicyclic) bond motifs is 1. The van der Waals surface area contributed by atoms with Crippen LogP contribution in [0.5, 0.6) is 0 Å². The predicted molar refractivity (Wildman–Crippen MR) is 85.6 cm³/mol. The Labute approximate surface area is 130 Å². The maximum Gasteiger partial charge on any atom is 0.322 e. The molecular formula is C18H17N3O. The minimum absolute atomic E-state index is 0.0817. The molecule has 22 heavy (non-hydrogen) atoms. The first-order valence-corrected chi connectivity index (χ1v) is 7.35. The van der Waals surface area contributed by atoms with Crippen LogP contribution in [-0.2, 0) is 6.42 Å². The van der Waals surface area contributed by atoms with Crippen molar-refractivity contribution in [3.05, 3.63) is 65.2 Å². The van der Waals surface area contributed by atoms with Gasteiger partial charge in [0.2, 0.25) is 0 Å². The number of urea groups is 1. The van der Waals surface area contributed by atoms with Gasteiger partial charge >= 0.3 is 6.03 Å². The molecule has 0 bridgehead atoms. The number of nitrogens with one attached hydrogen (secondary N) is 1. The molecule has 2 amide bonds. The van der Waals surface area contributed by atoms with Crippen molar-refractivity contribution in [3.8, 4) is 6.07 Å². The summed E-state index contributed by atoms with van der Waals surface area (Å²) in [5.41, 5.74) is 3.81. The monoisotopic (exact) mass is 291 g/mol. The highest BCUT2D eigenvalue weighted by atomic mass is 16.2. The van der Waals surface area contributed by atoms with Gasteiger partial charge in [-0.25, -0.2) is 4.79 Å². The van der Waals surface area contributed by atoms with Crippen LogP contribution < -0.4 is 10.2 Å². The van der Waals surface area contributed by atoms with Gasteiger partial charge in [-0.05, 0) is 42.7 Å². The van der Waals surface area contributed by atoms with Gasteiger partial charge in [-0.1, -0.05) is 30.3 Å². The lowest BCUT2D eigenvalue weighted by atomic mass is 10.1. The molecule has 0 saturated heterocycles. The third-order valence-corrected chi connectivity index (χ3v) is 4.01. The molecule has 110 valence electrons. The Hall–Kier alpha value is -2.80. The molecule has 1 heterocycles. The van der Waals surface area contributed by atoms with Crippen LogP contribution in [0.25, 0.3) is 0 Å². The molecule has 1 N–H and O–H groups in total. The molecule has 3 rings (SSSR count). The third-order valence-electron chi connectivity index (χ3n) is 4.01. The summed E-state index contributed by atoms with van der Waals surface area (Å²) in [5, 5.41) is 11.8. The molecule has 1 atom stereocenters. The van der Waals surface area contributed by atoms with E-state index in [1.165, 1.54) is 5.56 Å². The number of rotatable bonds is 2. The topological polar surface area (TPSA) is 56.1 Å². The zero-order valence-electron chi connectivity index (χ0n) is 12.4. The van der Waals surface area contributed by atoms with E-state index in [4.69, 9.17) is 5.26 Å². The molecular weight excluding hydrogens is 274 g/mol. The molecule has 1 unspecified atom stereocenters. The highest BCUT2D eigenvalue weighted by molar-refractivity contribution is 5.94. The Balaban J connectivity index is 1.70. The first-order valence-electron chi connectivity index (χ1n) is 7.35. The molecule has 1 aliphatic rings. The SMILES string of the molecule is CC(NC(=O)N1CCc2ccccc21)c1ccc(C#N)cc1. The second-order valence-electron chi connectivity index (χ2n) is 5.44. The lowest BCUT2D eigenvalue weighted by Gasteiger charge is -2.21. The molecule has 0 aliphatic carbocycles. The van der Waals surface area contributed by atoms with Gasteiger partial charge in [-0.15, -0.1) is 0 Å². The van der Waals surface area contributed by atoms with Crippen LogP contribution in [0.15, 0.2) is 48.5 Å². The van der Waals surface area contributed by atoms with Crippen LogP contribution in [-0.4, -0.2) is 12.6 Å². The molecule has 4 heteroatoms. The average Bonchev–Trinajstić information content (AvgIpc) is 2.99. The Morgan fingerprint density at radius 1 is 1.23 bits per heavy atom. The van der Waals surface area contributed by atoms with Crippen molar-refractivity contribution < 1.29 is 4.79 Å². The van der Waals surface area contributed by atoms with Gasteiger partial charge in [-0.2, -0.15) is 5.26 Å². The van der Waals surface area contributed by atoms with Crippen LogP contribution >= 0.6 is 0 Å². The van der Waals surface area contributed by atoms with E-state index in [-0.39, 0.29) is 12.1 Å². The van der Waals surface area contributed by atoms with E-state index in [1.807, 2.05) is 37.3 Å². The van der Waals surface area contributed by atoms with Crippen LogP contribution in [0.4, 0.5) is 10.5 Å². The maximum absolute atomic E-state index is 12.5. The maximum atomic E-state index is 12.5. The Bertz CT molecular complexity index is 731. The van der Waals surface area contributed by atoms with Crippen molar-refractivity contribution in [2.45, 2.75) is 19.4 Å². The van der Waals surface area contributed by atoms with Gasteiger partial charge in [0.1, 0.15) is 0 Å². The third kappa shape index (κ3) is 2.66. The molecule has 0 spiro atoms. The van der Waals surface area contributed by atoms with Crippen LogP contribution in [0.2, 0.25) is 0 Å². The number of benzene rings is 2. The van der Waals surface area contributed by atoms with E-state index >= 15 is 0 Å². The first kappa shape index (κ1) is 14.2. The lowest BCUT2D eigenvalue weighted by Crippen LogP contribution is -2.40. The van der Waals surface area contributed by atoms with E-state index in [2.05, 4.69) is 17.5 Å². The summed E-state index contributed by atoms with van der Waals surface area (Å²) in [6.07, 6.45) is 0.898. The normalized spacial score (nSPS) is 14.1. The Morgan fingerprint density at radius 2 is 1.95 bits per heavy atom. The first-order chi connectivity index (χ1) is 10.7. The molecule has 1 aliphatic heterocycles. The zero-order valence-corrected chi connectivity index (χ0v) is 12.4. The molecule has 0 aromatic heterocycles. The van der Waals surface area contributed by atoms with Crippen LogP contribution in [0.3, 0.4) is 0 Å². The highest BCUT2D eigenvalue weighted by Gasteiger charge is 2.25. The molecule has 2 aromatic carbocycles.